The normalized spacial score (nSPS) is 13.7. The summed E-state index contributed by atoms with van der Waals surface area (Å²) in [5, 5.41) is 6.69. The lowest BCUT2D eigenvalue weighted by Crippen LogP contribution is -2.35. The van der Waals surface area contributed by atoms with E-state index in [4.69, 9.17) is 0 Å². The molecule has 6 heteroatoms. The molecule has 0 spiro atoms. The van der Waals surface area contributed by atoms with Crippen LogP contribution in [-0.4, -0.2) is 29.1 Å². The van der Waals surface area contributed by atoms with Crippen LogP contribution < -0.4 is 10.7 Å². The second-order valence-corrected chi connectivity index (χ2v) is 6.35. The zero-order valence-corrected chi connectivity index (χ0v) is 14.8. The van der Waals surface area contributed by atoms with Gasteiger partial charge in [-0.3, -0.25) is 14.6 Å². The number of nitrogens with one attached hydrogen (secondary N) is 2. The van der Waals surface area contributed by atoms with Gasteiger partial charge in [0.25, 0.3) is 11.8 Å². The summed E-state index contributed by atoms with van der Waals surface area (Å²) in [6.45, 7) is 1.72. The molecule has 0 saturated heterocycles. The summed E-state index contributed by atoms with van der Waals surface area (Å²) < 4.78 is 0. The smallest absolute Gasteiger partial charge is 0.259 e. The number of carbonyl (C=O) groups excluding carboxylic acids is 2. The van der Waals surface area contributed by atoms with Crippen molar-refractivity contribution in [1.29, 1.82) is 0 Å². The van der Waals surface area contributed by atoms with Crippen molar-refractivity contribution < 1.29 is 9.59 Å². The topological polar surface area (TPSA) is 83.5 Å². The molecule has 0 unspecified atom stereocenters. The van der Waals surface area contributed by atoms with E-state index < -0.39 is 0 Å². The van der Waals surface area contributed by atoms with Crippen LogP contribution in [0.1, 0.15) is 46.8 Å². The Bertz CT molecular complexity index is 831. The number of hydrogen-bond acceptors (Lipinski definition) is 4. The number of hydrazone groups is 1. The number of aryl methyl sites for hydroxylation is 2. The minimum Gasteiger partial charge on any atom is -0.343 e. The van der Waals surface area contributed by atoms with Crippen LogP contribution in [0.15, 0.2) is 47.8 Å². The summed E-state index contributed by atoms with van der Waals surface area (Å²) in [7, 11) is 0. The highest BCUT2D eigenvalue weighted by Gasteiger charge is 2.11. The molecular formula is C20H22N4O2. The summed E-state index contributed by atoms with van der Waals surface area (Å²) in [6, 6.07) is 9.65. The number of aromatic nitrogens is 1. The van der Waals surface area contributed by atoms with E-state index >= 15 is 0 Å². The highest BCUT2D eigenvalue weighted by atomic mass is 16.2. The summed E-state index contributed by atoms with van der Waals surface area (Å²) in [4.78, 5) is 27.7. The van der Waals surface area contributed by atoms with Crippen LogP contribution in [0.5, 0.6) is 0 Å². The molecule has 1 aliphatic carbocycles. The molecular weight excluding hydrogens is 328 g/mol. The molecule has 0 fully saturated rings. The van der Waals surface area contributed by atoms with Crippen LogP contribution in [-0.2, 0) is 17.6 Å². The Labute approximate surface area is 152 Å². The average molecular weight is 350 g/mol. The van der Waals surface area contributed by atoms with Gasteiger partial charge < -0.3 is 5.32 Å². The van der Waals surface area contributed by atoms with Crippen LogP contribution in [0, 0.1) is 0 Å². The molecule has 0 bridgehead atoms. The van der Waals surface area contributed by atoms with Gasteiger partial charge in [-0.15, -0.1) is 0 Å². The Morgan fingerprint density at radius 2 is 1.92 bits per heavy atom. The predicted molar refractivity (Wildman–Crippen MR) is 100 cm³/mol. The molecule has 0 radical (unpaired) electrons. The van der Waals surface area contributed by atoms with Gasteiger partial charge in [-0.1, -0.05) is 12.1 Å². The molecule has 1 aliphatic rings. The van der Waals surface area contributed by atoms with E-state index in [0.29, 0.717) is 5.56 Å². The summed E-state index contributed by atoms with van der Waals surface area (Å²) in [5.74, 6) is -0.719. The monoisotopic (exact) mass is 350 g/mol. The van der Waals surface area contributed by atoms with E-state index in [0.717, 1.165) is 24.1 Å². The Morgan fingerprint density at radius 3 is 2.69 bits per heavy atom. The zero-order chi connectivity index (χ0) is 18.4. The van der Waals surface area contributed by atoms with Gasteiger partial charge in [0.15, 0.2) is 0 Å². The van der Waals surface area contributed by atoms with Crippen molar-refractivity contribution in [1.82, 2.24) is 15.7 Å². The maximum Gasteiger partial charge on any atom is 0.259 e. The van der Waals surface area contributed by atoms with Gasteiger partial charge >= 0.3 is 0 Å². The van der Waals surface area contributed by atoms with Gasteiger partial charge in [-0.25, -0.2) is 5.43 Å². The number of benzene rings is 1. The maximum atomic E-state index is 11.9. The van der Waals surface area contributed by atoms with Gasteiger partial charge in [-0.2, -0.15) is 5.10 Å². The minimum atomic E-state index is -0.375. The molecule has 0 saturated carbocycles. The summed E-state index contributed by atoms with van der Waals surface area (Å²) in [6.07, 6.45) is 7.75. The van der Waals surface area contributed by atoms with E-state index in [2.05, 4.69) is 33.0 Å². The molecule has 1 aromatic carbocycles. The van der Waals surface area contributed by atoms with E-state index in [9.17, 15) is 9.59 Å². The van der Waals surface area contributed by atoms with Gasteiger partial charge in [-0.05, 0) is 67.5 Å². The first kappa shape index (κ1) is 17.8. The lowest BCUT2D eigenvalue weighted by atomic mass is 9.90. The average Bonchev–Trinajstić information content (AvgIpc) is 2.70. The number of amides is 2. The van der Waals surface area contributed by atoms with Gasteiger partial charge in [0.1, 0.15) is 0 Å². The minimum absolute atomic E-state index is 0.144. The van der Waals surface area contributed by atoms with Gasteiger partial charge in [0.05, 0.1) is 17.8 Å². The second-order valence-electron chi connectivity index (χ2n) is 6.35. The van der Waals surface area contributed by atoms with E-state index in [1.807, 2.05) is 13.0 Å². The highest BCUT2D eigenvalue weighted by molar-refractivity contribution is 6.00. The van der Waals surface area contributed by atoms with Crippen molar-refractivity contribution in [3.8, 4) is 0 Å². The highest BCUT2D eigenvalue weighted by Crippen LogP contribution is 2.22. The Kier molecular flexibility index (Phi) is 5.73. The molecule has 2 aromatic rings. The lowest BCUT2D eigenvalue weighted by molar-refractivity contribution is -0.120. The molecule has 6 nitrogen and oxygen atoms in total. The Morgan fingerprint density at radius 1 is 1.12 bits per heavy atom. The van der Waals surface area contributed by atoms with Crippen molar-refractivity contribution in [3.63, 3.8) is 0 Å². The second kappa shape index (κ2) is 8.38. The van der Waals surface area contributed by atoms with Crippen LogP contribution in [0.25, 0.3) is 0 Å². The summed E-state index contributed by atoms with van der Waals surface area (Å²) in [5.41, 5.74) is 7.43. The first-order valence-corrected chi connectivity index (χ1v) is 8.77. The molecule has 134 valence electrons. The first-order valence-electron chi connectivity index (χ1n) is 8.77. The van der Waals surface area contributed by atoms with Crippen molar-refractivity contribution in [2.24, 2.45) is 5.10 Å². The van der Waals surface area contributed by atoms with Crippen LogP contribution in [0.4, 0.5) is 0 Å². The number of hydrogen-bond donors (Lipinski definition) is 2. The fourth-order valence-electron chi connectivity index (χ4n) is 2.97. The standard InChI is InChI=1S/C20H22N4O2/c1-14(16-9-8-15-5-2-3-6-17(15)11-16)23-24-19(25)13-22-20(26)18-7-4-10-21-12-18/h4,7-12H,2-3,5-6,13H2,1H3,(H,22,26)(H,24,25). The van der Waals surface area contributed by atoms with Gasteiger partial charge in [0.2, 0.25) is 0 Å². The molecule has 1 heterocycles. The third-order valence-electron chi connectivity index (χ3n) is 4.45. The molecule has 0 atom stereocenters. The maximum absolute atomic E-state index is 11.9. The van der Waals surface area contributed by atoms with Crippen LogP contribution >= 0.6 is 0 Å². The van der Waals surface area contributed by atoms with Crippen LogP contribution in [0.3, 0.4) is 0 Å². The Hall–Kier alpha value is -3.02. The molecule has 2 N–H and O–H groups in total. The number of nitrogens with zero attached hydrogens (tertiary/aromatic N) is 2. The summed E-state index contributed by atoms with van der Waals surface area (Å²) >= 11 is 0. The molecule has 2 amide bonds. The zero-order valence-electron chi connectivity index (χ0n) is 14.8. The largest absolute Gasteiger partial charge is 0.343 e. The third-order valence-corrected chi connectivity index (χ3v) is 4.45. The van der Waals surface area contributed by atoms with Crippen molar-refractivity contribution >= 4 is 17.5 Å². The fraction of sp³-hybridized carbons (Fsp3) is 0.300. The SMILES string of the molecule is CC(=NNC(=O)CNC(=O)c1cccnc1)c1ccc2c(c1)CCCC2. The third kappa shape index (κ3) is 4.53. The Balaban J connectivity index is 1.53. The first-order chi connectivity index (χ1) is 12.6. The quantitative estimate of drug-likeness (QED) is 0.641. The molecule has 0 aliphatic heterocycles. The molecule has 1 aromatic heterocycles. The molecule has 3 rings (SSSR count). The van der Waals surface area contributed by atoms with Crippen LogP contribution in [0.2, 0.25) is 0 Å². The fourth-order valence-corrected chi connectivity index (χ4v) is 2.97. The van der Waals surface area contributed by atoms with E-state index in [1.54, 1.807) is 18.3 Å². The number of pyridine rings is 1. The predicted octanol–water partition coefficient (Wildman–Crippen LogP) is 2.23. The van der Waals surface area contributed by atoms with E-state index in [-0.39, 0.29) is 18.4 Å². The van der Waals surface area contributed by atoms with Gasteiger partial charge in [0, 0.05) is 12.4 Å². The number of rotatable bonds is 5. The van der Waals surface area contributed by atoms with Crippen molar-refractivity contribution in [2.75, 3.05) is 6.54 Å². The van der Waals surface area contributed by atoms with E-state index in [1.165, 1.54) is 30.2 Å². The van der Waals surface area contributed by atoms with Crippen molar-refractivity contribution in [2.45, 2.75) is 32.6 Å². The van der Waals surface area contributed by atoms with Crippen molar-refractivity contribution in [3.05, 3.63) is 65.0 Å². The lowest BCUT2D eigenvalue weighted by Gasteiger charge is -2.16. The molecule has 26 heavy (non-hydrogen) atoms. The number of fused-ring (bicyclic) bond motifs is 1. The number of carbonyl (C=O) groups is 2.